The molecule has 1 aromatic carbocycles. The lowest BCUT2D eigenvalue weighted by Gasteiger charge is -2.09. The number of amides is 1. The van der Waals surface area contributed by atoms with Crippen LogP contribution >= 0.6 is 0 Å². The summed E-state index contributed by atoms with van der Waals surface area (Å²) in [6.45, 7) is 0.160. The summed E-state index contributed by atoms with van der Waals surface area (Å²) in [6.07, 6.45) is -4.12. The van der Waals surface area contributed by atoms with Crippen molar-refractivity contribution in [2.75, 3.05) is 6.61 Å². The van der Waals surface area contributed by atoms with E-state index >= 15 is 0 Å². The number of carbonyl (C=O) groups excluding carboxylic acids is 1. The molecule has 0 unspecified atom stereocenters. The molecule has 0 heterocycles. The van der Waals surface area contributed by atoms with Gasteiger partial charge in [-0.05, 0) is 24.1 Å². The molecule has 1 rings (SSSR count). The van der Waals surface area contributed by atoms with E-state index < -0.39 is 6.36 Å². The summed E-state index contributed by atoms with van der Waals surface area (Å²) in [6, 6.07) is 5.24. The van der Waals surface area contributed by atoms with Crippen molar-refractivity contribution in [2.24, 2.45) is 0 Å². The Labute approximate surface area is 108 Å². The van der Waals surface area contributed by atoms with Crippen molar-refractivity contribution in [3.05, 3.63) is 29.8 Å². The molecule has 0 saturated carbocycles. The van der Waals surface area contributed by atoms with Crippen molar-refractivity contribution in [1.29, 1.82) is 0 Å². The minimum atomic E-state index is -4.71. The zero-order valence-corrected chi connectivity index (χ0v) is 10.0. The third-order valence-corrected chi connectivity index (χ3v) is 2.21. The first-order valence-electron chi connectivity index (χ1n) is 5.63. The molecule has 2 N–H and O–H groups in total. The second kappa shape index (κ2) is 6.98. The van der Waals surface area contributed by atoms with Gasteiger partial charge in [0.05, 0.1) is 0 Å². The zero-order chi connectivity index (χ0) is 14.3. The first kappa shape index (κ1) is 15.3. The summed E-state index contributed by atoms with van der Waals surface area (Å²) >= 11 is 0. The van der Waals surface area contributed by atoms with Gasteiger partial charge in [-0.25, -0.2) is 0 Å². The number of halogens is 3. The third-order valence-electron chi connectivity index (χ3n) is 2.21. The van der Waals surface area contributed by atoms with Gasteiger partial charge < -0.3 is 15.2 Å². The minimum absolute atomic E-state index is 0.0586. The van der Waals surface area contributed by atoms with Crippen LogP contribution in [0.25, 0.3) is 0 Å². The molecule has 19 heavy (non-hydrogen) atoms. The quantitative estimate of drug-likeness (QED) is 0.836. The molecule has 0 radical (unpaired) electrons. The highest BCUT2D eigenvalue weighted by atomic mass is 19.4. The number of aliphatic hydroxyl groups excluding tert-OH is 1. The highest BCUT2D eigenvalue weighted by molar-refractivity contribution is 5.75. The molecule has 106 valence electrons. The zero-order valence-electron chi connectivity index (χ0n) is 10.0. The molecule has 0 aliphatic rings. The van der Waals surface area contributed by atoms with Crippen molar-refractivity contribution in [3.63, 3.8) is 0 Å². The van der Waals surface area contributed by atoms with E-state index in [0.29, 0.717) is 12.0 Å². The van der Waals surface area contributed by atoms with Gasteiger partial charge in [-0.15, -0.1) is 13.2 Å². The molecular weight excluding hydrogens is 263 g/mol. The van der Waals surface area contributed by atoms with Gasteiger partial charge in [-0.3, -0.25) is 4.79 Å². The highest BCUT2D eigenvalue weighted by Gasteiger charge is 2.30. The normalized spacial score (nSPS) is 11.2. The van der Waals surface area contributed by atoms with Crippen molar-refractivity contribution in [1.82, 2.24) is 5.32 Å². The first-order chi connectivity index (χ1) is 8.90. The molecule has 0 aliphatic heterocycles. The maximum Gasteiger partial charge on any atom is 0.573 e. The number of benzene rings is 1. The molecule has 7 heteroatoms. The second-order valence-corrected chi connectivity index (χ2v) is 3.80. The van der Waals surface area contributed by atoms with Crippen molar-refractivity contribution in [2.45, 2.75) is 25.7 Å². The van der Waals surface area contributed by atoms with Crippen LogP contribution in [0.5, 0.6) is 5.75 Å². The SMILES string of the molecule is O=C(CCCO)NCc1ccc(OC(F)(F)F)cc1. The summed E-state index contributed by atoms with van der Waals surface area (Å²) in [7, 11) is 0. The van der Waals surface area contributed by atoms with Crippen LogP contribution in [0.2, 0.25) is 0 Å². The number of carbonyl (C=O) groups is 1. The van der Waals surface area contributed by atoms with E-state index in [4.69, 9.17) is 5.11 Å². The van der Waals surface area contributed by atoms with E-state index in [-0.39, 0.29) is 31.2 Å². The van der Waals surface area contributed by atoms with Crippen molar-refractivity contribution < 1.29 is 27.8 Å². The molecule has 0 aromatic heterocycles. The maximum absolute atomic E-state index is 11.9. The predicted octanol–water partition coefficient (Wildman–Crippen LogP) is 1.97. The van der Waals surface area contributed by atoms with Crippen molar-refractivity contribution in [3.8, 4) is 5.75 Å². The van der Waals surface area contributed by atoms with Crippen LogP contribution in [-0.2, 0) is 11.3 Å². The van der Waals surface area contributed by atoms with Gasteiger partial charge in [0.15, 0.2) is 0 Å². The lowest BCUT2D eigenvalue weighted by Crippen LogP contribution is -2.22. The Kier molecular flexibility index (Phi) is 5.62. The molecule has 0 fully saturated rings. The summed E-state index contributed by atoms with van der Waals surface area (Å²) in [5, 5.41) is 11.1. The average Bonchev–Trinajstić information content (AvgIpc) is 2.33. The fraction of sp³-hybridized carbons (Fsp3) is 0.417. The van der Waals surface area contributed by atoms with Crippen LogP contribution in [0, 0.1) is 0 Å². The first-order valence-corrected chi connectivity index (χ1v) is 5.63. The van der Waals surface area contributed by atoms with Gasteiger partial charge in [0.2, 0.25) is 5.91 Å². The van der Waals surface area contributed by atoms with Crippen LogP contribution in [0.4, 0.5) is 13.2 Å². The molecule has 0 aliphatic carbocycles. The number of ether oxygens (including phenoxy) is 1. The van der Waals surface area contributed by atoms with Gasteiger partial charge in [0.25, 0.3) is 0 Å². The van der Waals surface area contributed by atoms with E-state index in [2.05, 4.69) is 10.1 Å². The number of hydrogen-bond acceptors (Lipinski definition) is 3. The number of rotatable bonds is 6. The predicted molar refractivity (Wildman–Crippen MR) is 61.3 cm³/mol. The Hall–Kier alpha value is -1.76. The smallest absolute Gasteiger partial charge is 0.406 e. The summed E-state index contributed by atoms with van der Waals surface area (Å²) in [5.41, 5.74) is 0.659. The molecular formula is C12H14F3NO3. The second-order valence-electron chi connectivity index (χ2n) is 3.80. The van der Waals surface area contributed by atoms with Crippen LogP contribution in [0.3, 0.4) is 0 Å². The van der Waals surface area contributed by atoms with Gasteiger partial charge in [-0.2, -0.15) is 0 Å². The molecule has 0 saturated heterocycles. The van der Waals surface area contributed by atoms with E-state index in [0.717, 1.165) is 0 Å². The lowest BCUT2D eigenvalue weighted by atomic mass is 10.2. The van der Waals surface area contributed by atoms with E-state index in [9.17, 15) is 18.0 Å². The summed E-state index contributed by atoms with van der Waals surface area (Å²) in [5.74, 6) is -0.521. The van der Waals surface area contributed by atoms with Crippen LogP contribution in [-0.4, -0.2) is 24.0 Å². The van der Waals surface area contributed by atoms with E-state index in [1.807, 2.05) is 0 Å². The van der Waals surface area contributed by atoms with E-state index in [1.165, 1.54) is 24.3 Å². The fourth-order valence-corrected chi connectivity index (χ4v) is 1.34. The molecule has 0 spiro atoms. The minimum Gasteiger partial charge on any atom is -0.406 e. The number of alkyl halides is 3. The Bertz CT molecular complexity index is 404. The number of nitrogens with one attached hydrogen (secondary N) is 1. The highest BCUT2D eigenvalue weighted by Crippen LogP contribution is 2.22. The Balaban J connectivity index is 2.42. The third kappa shape index (κ3) is 6.66. The van der Waals surface area contributed by atoms with Gasteiger partial charge in [0.1, 0.15) is 5.75 Å². The molecule has 0 atom stereocenters. The fourth-order valence-electron chi connectivity index (χ4n) is 1.34. The number of hydrogen-bond donors (Lipinski definition) is 2. The van der Waals surface area contributed by atoms with Gasteiger partial charge in [-0.1, -0.05) is 12.1 Å². The van der Waals surface area contributed by atoms with E-state index in [1.54, 1.807) is 0 Å². The number of aliphatic hydroxyl groups is 1. The lowest BCUT2D eigenvalue weighted by molar-refractivity contribution is -0.274. The van der Waals surface area contributed by atoms with Crippen LogP contribution in [0.1, 0.15) is 18.4 Å². The van der Waals surface area contributed by atoms with Crippen LogP contribution < -0.4 is 10.1 Å². The summed E-state index contributed by atoms with van der Waals surface area (Å²) in [4.78, 5) is 11.2. The van der Waals surface area contributed by atoms with Gasteiger partial charge >= 0.3 is 6.36 Å². The standard InChI is InChI=1S/C12H14F3NO3/c13-12(14,15)19-10-5-3-9(4-6-10)8-16-11(18)2-1-7-17/h3-6,17H,1-2,7-8H2,(H,16,18). The largest absolute Gasteiger partial charge is 0.573 e. The van der Waals surface area contributed by atoms with Gasteiger partial charge in [0, 0.05) is 19.6 Å². The van der Waals surface area contributed by atoms with Crippen LogP contribution in [0.15, 0.2) is 24.3 Å². The molecule has 0 bridgehead atoms. The molecule has 1 amide bonds. The monoisotopic (exact) mass is 277 g/mol. The molecule has 1 aromatic rings. The molecule has 4 nitrogen and oxygen atoms in total. The Morgan fingerprint density at radius 2 is 1.89 bits per heavy atom. The Morgan fingerprint density at radius 3 is 2.42 bits per heavy atom. The topological polar surface area (TPSA) is 58.6 Å². The van der Waals surface area contributed by atoms with Crippen molar-refractivity contribution >= 4 is 5.91 Å². The Morgan fingerprint density at radius 1 is 1.26 bits per heavy atom. The summed E-state index contributed by atoms with van der Waals surface area (Å²) < 4.78 is 39.5. The maximum atomic E-state index is 11.9. The average molecular weight is 277 g/mol.